The fourth-order valence-electron chi connectivity index (χ4n) is 6.33. The monoisotopic (exact) mass is 704 g/mol. The molecule has 1 aliphatic rings. The maximum Gasteiger partial charge on any atom is 0.161 e. The molecule has 0 aliphatic carbocycles. The van der Waals surface area contributed by atoms with Crippen LogP contribution < -0.4 is 37.9 Å². The molecule has 274 valence electrons. The summed E-state index contributed by atoms with van der Waals surface area (Å²) in [6.07, 6.45) is -2.21. The zero-order chi connectivity index (χ0) is 36.7. The molecule has 0 radical (unpaired) electrons. The van der Waals surface area contributed by atoms with Crippen LogP contribution in [0.15, 0.2) is 72.8 Å². The normalized spacial score (nSPS) is 19.5. The molecule has 0 bridgehead atoms. The van der Waals surface area contributed by atoms with E-state index in [1.54, 1.807) is 79.1 Å². The largest absolute Gasteiger partial charge is 0.493 e. The van der Waals surface area contributed by atoms with Crippen LogP contribution in [-0.4, -0.2) is 66.1 Å². The fraction of sp³-hybridized carbons (Fsp3) is 0.400. The van der Waals surface area contributed by atoms with Gasteiger partial charge in [0.1, 0.15) is 25.4 Å². The molecule has 0 spiro atoms. The molecule has 11 nitrogen and oxygen atoms in total. The number of hydrogen-bond acceptors (Lipinski definition) is 11. The number of hydrogen-bond donors (Lipinski definition) is 2. The van der Waals surface area contributed by atoms with Gasteiger partial charge in [-0.1, -0.05) is 38.1 Å². The minimum atomic E-state index is -0.898. The molecule has 3 unspecified atom stereocenters. The highest BCUT2D eigenvalue weighted by Gasteiger charge is 2.41. The number of methoxy groups -OCH3 is 6. The highest BCUT2D eigenvalue weighted by molar-refractivity contribution is 5.47. The molecule has 1 fully saturated rings. The third-order valence-electron chi connectivity index (χ3n) is 9.49. The van der Waals surface area contributed by atoms with E-state index in [1.807, 2.05) is 36.4 Å². The van der Waals surface area contributed by atoms with E-state index in [4.69, 9.17) is 42.6 Å². The molecule has 0 amide bonds. The van der Waals surface area contributed by atoms with E-state index in [9.17, 15) is 10.2 Å². The maximum atomic E-state index is 10.8. The quantitative estimate of drug-likeness (QED) is 0.125. The maximum absolute atomic E-state index is 10.8. The Morgan fingerprint density at radius 2 is 0.804 bits per heavy atom. The van der Waals surface area contributed by atoms with Crippen molar-refractivity contribution in [3.05, 3.63) is 95.1 Å². The highest BCUT2D eigenvalue weighted by atomic mass is 16.5. The first kappa shape index (κ1) is 37.4. The first-order chi connectivity index (χ1) is 24.6. The molecule has 5 rings (SSSR count). The van der Waals surface area contributed by atoms with Crippen LogP contribution in [0.25, 0.3) is 0 Å². The van der Waals surface area contributed by atoms with E-state index in [2.05, 4.69) is 13.8 Å². The van der Waals surface area contributed by atoms with Gasteiger partial charge in [0.2, 0.25) is 0 Å². The number of aliphatic hydroxyl groups is 2. The van der Waals surface area contributed by atoms with Crippen molar-refractivity contribution >= 4 is 0 Å². The Morgan fingerprint density at radius 1 is 0.471 bits per heavy atom. The molecule has 4 aromatic rings. The van der Waals surface area contributed by atoms with Crippen molar-refractivity contribution in [3.8, 4) is 46.0 Å². The summed E-state index contributed by atoms with van der Waals surface area (Å²) in [5.74, 6) is 4.66. The van der Waals surface area contributed by atoms with Crippen molar-refractivity contribution in [2.45, 2.75) is 38.3 Å². The van der Waals surface area contributed by atoms with Gasteiger partial charge in [-0.15, -0.1) is 0 Å². The zero-order valence-electron chi connectivity index (χ0n) is 30.4. The number of aliphatic hydroxyl groups excluding tert-OH is 2. The summed E-state index contributed by atoms with van der Waals surface area (Å²) in [6.45, 7) is 4.38. The second-order valence-corrected chi connectivity index (χ2v) is 12.4. The van der Waals surface area contributed by atoms with E-state index in [0.717, 1.165) is 11.1 Å². The van der Waals surface area contributed by atoms with Crippen LogP contribution in [0, 0.1) is 11.8 Å². The van der Waals surface area contributed by atoms with E-state index in [1.165, 1.54) is 0 Å². The first-order valence-corrected chi connectivity index (χ1v) is 16.7. The van der Waals surface area contributed by atoms with E-state index >= 15 is 0 Å². The average Bonchev–Trinajstić information content (AvgIpc) is 3.47. The molecular weight excluding hydrogens is 656 g/mol. The van der Waals surface area contributed by atoms with Crippen molar-refractivity contribution in [2.24, 2.45) is 11.8 Å². The number of rotatable bonds is 16. The van der Waals surface area contributed by atoms with Gasteiger partial charge in [0.25, 0.3) is 0 Å². The first-order valence-electron chi connectivity index (χ1n) is 16.7. The smallest absolute Gasteiger partial charge is 0.161 e. The van der Waals surface area contributed by atoms with Crippen LogP contribution in [-0.2, 0) is 4.74 Å². The van der Waals surface area contributed by atoms with Gasteiger partial charge < -0.3 is 52.8 Å². The minimum absolute atomic E-state index is 0.0113. The van der Waals surface area contributed by atoms with Crippen LogP contribution >= 0.6 is 0 Å². The van der Waals surface area contributed by atoms with Crippen LogP contribution in [0.2, 0.25) is 0 Å². The van der Waals surface area contributed by atoms with Crippen molar-refractivity contribution < 1.29 is 52.8 Å². The summed E-state index contributed by atoms with van der Waals surface area (Å²) in [4.78, 5) is 0. The van der Waals surface area contributed by atoms with Gasteiger partial charge in [-0.05, 0) is 82.6 Å². The second kappa shape index (κ2) is 16.9. The van der Waals surface area contributed by atoms with Crippen molar-refractivity contribution in [2.75, 3.05) is 55.9 Å². The Kier molecular flexibility index (Phi) is 12.4. The Balaban J connectivity index is 1.25. The SMILES string of the molecule is COc1ccc(C(O)COc2ccc([C@H]3OC(c4ccc(OC[C@H](O)c5ccc(OC)c(OC)c5)c(OC)c4)C(C)[C@H]3C)cc2OC)cc1OC. The molecule has 1 aliphatic heterocycles. The molecule has 11 heteroatoms. The minimum Gasteiger partial charge on any atom is -0.493 e. The fourth-order valence-corrected chi connectivity index (χ4v) is 6.33. The van der Waals surface area contributed by atoms with Gasteiger partial charge in [0.15, 0.2) is 46.0 Å². The lowest BCUT2D eigenvalue weighted by Crippen LogP contribution is -2.12. The van der Waals surface area contributed by atoms with Crippen LogP contribution in [0.3, 0.4) is 0 Å². The van der Waals surface area contributed by atoms with E-state index in [0.29, 0.717) is 57.1 Å². The van der Waals surface area contributed by atoms with Crippen LogP contribution in [0.5, 0.6) is 46.0 Å². The molecule has 2 N–H and O–H groups in total. The molecule has 1 saturated heterocycles. The van der Waals surface area contributed by atoms with Crippen molar-refractivity contribution in [1.29, 1.82) is 0 Å². The lowest BCUT2D eigenvalue weighted by molar-refractivity contribution is 0.0287. The number of ether oxygens (including phenoxy) is 9. The van der Waals surface area contributed by atoms with Gasteiger partial charge in [0.05, 0.1) is 54.9 Å². The van der Waals surface area contributed by atoms with Gasteiger partial charge in [0, 0.05) is 0 Å². The lowest BCUT2D eigenvalue weighted by atomic mass is 9.85. The Morgan fingerprint density at radius 3 is 1.16 bits per heavy atom. The van der Waals surface area contributed by atoms with Crippen molar-refractivity contribution in [1.82, 2.24) is 0 Å². The molecule has 51 heavy (non-hydrogen) atoms. The summed E-state index contributed by atoms with van der Waals surface area (Å²) in [7, 11) is 9.40. The summed E-state index contributed by atoms with van der Waals surface area (Å²) < 4.78 is 51.4. The Bertz CT molecular complexity index is 1630. The zero-order valence-corrected chi connectivity index (χ0v) is 30.4. The van der Waals surface area contributed by atoms with Crippen LogP contribution in [0.4, 0.5) is 0 Å². The summed E-state index contributed by atoms with van der Waals surface area (Å²) in [6, 6.07) is 22.0. The third-order valence-corrected chi connectivity index (χ3v) is 9.49. The molecule has 6 atom stereocenters. The number of benzene rings is 4. The van der Waals surface area contributed by atoms with Gasteiger partial charge in [-0.2, -0.15) is 0 Å². The Labute approximate surface area is 299 Å². The predicted octanol–water partition coefficient (Wildman–Crippen LogP) is 7.05. The van der Waals surface area contributed by atoms with E-state index in [-0.39, 0.29) is 37.3 Å². The van der Waals surface area contributed by atoms with Crippen LogP contribution in [0.1, 0.15) is 60.5 Å². The average molecular weight is 705 g/mol. The molecule has 1 heterocycles. The van der Waals surface area contributed by atoms with E-state index < -0.39 is 12.2 Å². The summed E-state index contributed by atoms with van der Waals surface area (Å²) in [5, 5.41) is 21.7. The topological polar surface area (TPSA) is 124 Å². The second-order valence-electron chi connectivity index (χ2n) is 12.4. The lowest BCUT2D eigenvalue weighted by Gasteiger charge is -2.20. The molecule has 0 saturated carbocycles. The van der Waals surface area contributed by atoms with Gasteiger partial charge in [-0.3, -0.25) is 0 Å². The Hall–Kier alpha value is -4.84. The van der Waals surface area contributed by atoms with Gasteiger partial charge in [-0.25, -0.2) is 0 Å². The molecule has 0 aromatic heterocycles. The van der Waals surface area contributed by atoms with Crippen molar-refractivity contribution in [3.63, 3.8) is 0 Å². The highest BCUT2D eigenvalue weighted by Crippen LogP contribution is 2.51. The molecule has 4 aromatic carbocycles. The summed E-state index contributed by atoms with van der Waals surface area (Å²) >= 11 is 0. The molecular formula is C40H48O11. The summed E-state index contributed by atoms with van der Waals surface area (Å²) in [5.41, 5.74) is 3.19. The predicted molar refractivity (Wildman–Crippen MR) is 191 cm³/mol. The van der Waals surface area contributed by atoms with Gasteiger partial charge >= 0.3 is 0 Å². The standard InChI is InChI=1S/C40H48O11/c1-23-24(2)40(28-12-16-34(38(20-28)48-8)50-22-30(42)26-10-14-32(44-4)36(18-26)46-6)51-39(23)27-11-15-33(37(19-27)47-7)49-21-29(41)25-9-13-31(43-3)35(17-25)45-5/h9-20,23-24,29-30,39-42H,21-22H2,1-8H3/t23-,24?,29?,30+,39+,40?/m1/s1. The third kappa shape index (κ3) is 8.22.